The minimum atomic E-state index is 0. The molecule has 0 aliphatic carbocycles. The second-order valence-corrected chi connectivity index (χ2v) is 3.77. The first-order valence-electron chi connectivity index (χ1n) is 5.71. The van der Waals surface area contributed by atoms with E-state index in [0.29, 0.717) is 6.04 Å². The largest absolute Gasteiger partial charge is 0.494 e. The van der Waals surface area contributed by atoms with E-state index in [2.05, 4.69) is 31.3 Å². The van der Waals surface area contributed by atoms with Gasteiger partial charge in [0.2, 0.25) is 0 Å². The fourth-order valence-corrected chi connectivity index (χ4v) is 1.31. The number of ether oxygens (including phenoxy) is 1. The summed E-state index contributed by atoms with van der Waals surface area (Å²) >= 11 is 0. The summed E-state index contributed by atoms with van der Waals surface area (Å²) < 4.78 is 5.39. The number of hydrogen-bond acceptors (Lipinski definition) is 2. The van der Waals surface area contributed by atoms with Crippen molar-refractivity contribution >= 4 is 12.4 Å². The van der Waals surface area contributed by atoms with Crippen molar-refractivity contribution in [2.24, 2.45) is 0 Å². The molecule has 0 aliphatic heterocycles. The van der Waals surface area contributed by atoms with E-state index in [0.717, 1.165) is 25.3 Å². The monoisotopic (exact) mass is 243 g/mol. The van der Waals surface area contributed by atoms with E-state index in [9.17, 15) is 0 Å². The molecule has 0 spiro atoms. The van der Waals surface area contributed by atoms with Crippen molar-refractivity contribution < 1.29 is 4.74 Å². The van der Waals surface area contributed by atoms with Gasteiger partial charge >= 0.3 is 0 Å². The van der Waals surface area contributed by atoms with Crippen LogP contribution >= 0.6 is 12.4 Å². The summed E-state index contributed by atoms with van der Waals surface area (Å²) in [7, 11) is 0. The lowest BCUT2D eigenvalue weighted by atomic mass is 10.2. The second-order valence-electron chi connectivity index (χ2n) is 3.77. The van der Waals surface area contributed by atoms with Crippen molar-refractivity contribution in [3.05, 3.63) is 29.8 Å². The molecule has 0 heterocycles. The first-order chi connectivity index (χ1) is 7.26. The molecular weight excluding hydrogens is 222 g/mol. The van der Waals surface area contributed by atoms with Crippen LogP contribution in [0.25, 0.3) is 0 Å². The van der Waals surface area contributed by atoms with Gasteiger partial charge in [0.25, 0.3) is 0 Å². The molecule has 0 aromatic heterocycles. The van der Waals surface area contributed by atoms with Crippen LogP contribution < -0.4 is 10.1 Å². The van der Waals surface area contributed by atoms with E-state index < -0.39 is 0 Å². The molecular formula is C13H22ClNO. The number of hydrogen-bond donors (Lipinski definition) is 1. The van der Waals surface area contributed by atoms with Gasteiger partial charge in [-0.25, -0.2) is 0 Å². The van der Waals surface area contributed by atoms with Gasteiger partial charge in [-0.1, -0.05) is 19.1 Å². The molecule has 0 radical (unpaired) electrons. The van der Waals surface area contributed by atoms with Gasteiger partial charge in [0, 0.05) is 12.6 Å². The fraction of sp³-hybridized carbons (Fsp3) is 0.538. The molecule has 0 saturated heterocycles. The zero-order valence-corrected chi connectivity index (χ0v) is 11.1. The third-order valence-electron chi connectivity index (χ3n) is 2.50. The van der Waals surface area contributed by atoms with Crippen LogP contribution in [0, 0.1) is 0 Å². The summed E-state index contributed by atoms with van der Waals surface area (Å²) in [5, 5.41) is 3.46. The fourth-order valence-electron chi connectivity index (χ4n) is 1.31. The molecule has 2 nitrogen and oxygen atoms in total. The van der Waals surface area contributed by atoms with Crippen LogP contribution in [0.4, 0.5) is 0 Å². The predicted molar refractivity (Wildman–Crippen MR) is 71.5 cm³/mol. The van der Waals surface area contributed by atoms with E-state index in [1.165, 1.54) is 5.56 Å². The highest BCUT2D eigenvalue weighted by Gasteiger charge is 1.98. The third kappa shape index (κ3) is 5.38. The molecule has 0 fully saturated rings. The highest BCUT2D eigenvalue weighted by molar-refractivity contribution is 5.85. The van der Waals surface area contributed by atoms with Gasteiger partial charge in [-0.15, -0.1) is 12.4 Å². The molecule has 0 amide bonds. The Labute approximate surface area is 105 Å². The topological polar surface area (TPSA) is 21.3 Å². The van der Waals surface area contributed by atoms with E-state index in [-0.39, 0.29) is 12.4 Å². The quantitative estimate of drug-likeness (QED) is 0.827. The molecule has 0 saturated carbocycles. The van der Waals surface area contributed by atoms with Gasteiger partial charge in [0.05, 0.1) is 6.61 Å². The highest BCUT2D eigenvalue weighted by atomic mass is 35.5. The molecule has 1 atom stereocenters. The number of halogens is 1. The normalized spacial score (nSPS) is 11.7. The first-order valence-corrected chi connectivity index (χ1v) is 5.71. The van der Waals surface area contributed by atoms with Gasteiger partial charge in [-0.05, 0) is 38.0 Å². The summed E-state index contributed by atoms with van der Waals surface area (Å²) in [6, 6.07) is 8.85. The van der Waals surface area contributed by atoms with E-state index in [4.69, 9.17) is 4.74 Å². The molecule has 1 aromatic carbocycles. The zero-order valence-electron chi connectivity index (χ0n) is 10.3. The van der Waals surface area contributed by atoms with Crippen molar-refractivity contribution in [1.82, 2.24) is 5.32 Å². The van der Waals surface area contributed by atoms with Crippen LogP contribution in [0.1, 0.15) is 32.8 Å². The Morgan fingerprint density at radius 1 is 1.19 bits per heavy atom. The molecule has 0 bridgehead atoms. The maximum absolute atomic E-state index is 5.39. The Morgan fingerprint density at radius 3 is 2.31 bits per heavy atom. The third-order valence-corrected chi connectivity index (χ3v) is 2.50. The van der Waals surface area contributed by atoms with Gasteiger partial charge in [0.1, 0.15) is 5.75 Å². The van der Waals surface area contributed by atoms with Crippen LogP contribution in [-0.4, -0.2) is 12.6 Å². The maximum Gasteiger partial charge on any atom is 0.119 e. The van der Waals surface area contributed by atoms with Crippen molar-refractivity contribution in [3.63, 3.8) is 0 Å². The van der Waals surface area contributed by atoms with E-state index in [1.807, 2.05) is 19.1 Å². The van der Waals surface area contributed by atoms with Crippen LogP contribution in [0.2, 0.25) is 0 Å². The summed E-state index contributed by atoms with van der Waals surface area (Å²) in [5.74, 6) is 0.949. The van der Waals surface area contributed by atoms with Gasteiger partial charge in [0.15, 0.2) is 0 Å². The van der Waals surface area contributed by atoms with Crippen LogP contribution in [-0.2, 0) is 6.54 Å². The summed E-state index contributed by atoms with van der Waals surface area (Å²) in [6.07, 6.45) is 1.16. The first kappa shape index (κ1) is 15.3. The highest BCUT2D eigenvalue weighted by Crippen LogP contribution is 2.11. The van der Waals surface area contributed by atoms with Crippen molar-refractivity contribution in [2.75, 3.05) is 6.61 Å². The minimum Gasteiger partial charge on any atom is -0.494 e. The lowest BCUT2D eigenvalue weighted by molar-refractivity contribution is 0.340. The minimum absolute atomic E-state index is 0. The zero-order chi connectivity index (χ0) is 11.1. The Kier molecular flexibility index (Phi) is 8.04. The maximum atomic E-state index is 5.39. The lowest BCUT2D eigenvalue weighted by Gasteiger charge is -2.11. The predicted octanol–water partition coefficient (Wildman–Crippen LogP) is 3.40. The SMILES string of the molecule is CCOc1ccc(CNC(C)CC)cc1.Cl. The van der Waals surface area contributed by atoms with Crippen molar-refractivity contribution in [2.45, 2.75) is 39.8 Å². The van der Waals surface area contributed by atoms with E-state index >= 15 is 0 Å². The van der Waals surface area contributed by atoms with Gasteiger partial charge in [-0.3, -0.25) is 0 Å². The molecule has 1 N–H and O–H groups in total. The Bertz CT molecular complexity index is 274. The average molecular weight is 244 g/mol. The summed E-state index contributed by atoms with van der Waals surface area (Å²) in [6.45, 7) is 8.05. The smallest absolute Gasteiger partial charge is 0.119 e. The molecule has 1 aromatic rings. The Morgan fingerprint density at radius 2 is 1.81 bits per heavy atom. The van der Waals surface area contributed by atoms with Crippen LogP contribution in [0.5, 0.6) is 5.75 Å². The average Bonchev–Trinajstić information content (AvgIpc) is 2.28. The molecule has 16 heavy (non-hydrogen) atoms. The molecule has 3 heteroatoms. The summed E-state index contributed by atoms with van der Waals surface area (Å²) in [4.78, 5) is 0. The lowest BCUT2D eigenvalue weighted by Crippen LogP contribution is -2.24. The second kappa shape index (κ2) is 8.43. The molecule has 0 aliphatic rings. The number of nitrogens with one attached hydrogen (secondary N) is 1. The van der Waals surface area contributed by atoms with E-state index in [1.54, 1.807) is 0 Å². The molecule has 1 rings (SSSR count). The Hall–Kier alpha value is -0.730. The molecule has 1 unspecified atom stereocenters. The van der Waals surface area contributed by atoms with Crippen molar-refractivity contribution in [1.29, 1.82) is 0 Å². The van der Waals surface area contributed by atoms with Crippen LogP contribution in [0.15, 0.2) is 24.3 Å². The Balaban J connectivity index is 0.00000225. The standard InChI is InChI=1S/C13H21NO.ClH/c1-4-11(3)14-10-12-6-8-13(9-7-12)15-5-2;/h6-9,11,14H,4-5,10H2,1-3H3;1H. The van der Waals surface area contributed by atoms with Gasteiger partial charge < -0.3 is 10.1 Å². The van der Waals surface area contributed by atoms with Crippen molar-refractivity contribution in [3.8, 4) is 5.75 Å². The van der Waals surface area contributed by atoms with Crippen LogP contribution in [0.3, 0.4) is 0 Å². The number of rotatable bonds is 6. The molecule has 92 valence electrons. The summed E-state index contributed by atoms with van der Waals surface area (Å²) in [5.41, 5.74) is 1.30. The van der Waals surface area contributed by atoms with Gasteiger partial charge in [-0.2, -0.15) is 0 Å². The number of benzene rings is 1.